The Hall–Kier alpha value is -2.14. The van der Waals surface area contributed by atoms with Gasteiger partial charge in [0.1, 0.15) is 17.7 Å². The fourth-order valence-corrected chi connectivity index (χ4v) is 1.69. The zero-order valence-electron chi connectivity index (χ0n) is 10.4. The molecular weight excluding hydrogens is 249 g/mol. The molecule has 1 heterocycles. The summed E-state index contributed by atoms with van der Waals surface area (Å²) in [4.78, 5) is 11.8. The molecule has 1 amide bonds. The summed E-state index contributed by atoms with van der Waals surface area (Å²) in [5.74, 6) is -0.169. The minimum atomic E-state index is -0.443. The van der Waals surface area contributed by atoms with E-state index in [-0.39, 0.29) is 24.1 Å². The molecule has 0 saturated heterocycles. The van der Waals surface area contributed by atoms with Crippen LogP contribution in [0.3, 0.4) is 0 Å². The average molecular weight is 263 g/mol. The second kappa shape index (κ2) is 6.15. The number of benzene rings is 1. The molecule has 2 rings (SSSR count). The molecule has 2 aromatic rings. The molecule has 0 radical (unpaired) electrons. The number of ether oxygens (including phenoxy) is 1. The molecule has 0 fully saturated rings. The number of halogens is 1. The number of nitrogens with one attached hydrogen (secondary N) is 1. The van der Waals surface area contributed by atoms with E-state index < -0.39 is 5.82 Å². The first-order valence-corrected chi connectivity index (χ1v) is 5.80. The maximum atomic E-state index is 13.0. The molecule has 0 spiro atoms. The Balaban J connectivity index is 1.96. The number of carbonyl (C=O) groups is 1. The van der Waals surface area contributed by atoms with E-state index in [1.165, 1.54) is 31.6 Å². The molecule has 0 saturated carbocycles. The van der Waals surface area contributed by atoms with Gasteiger partial charge in [0, 0.05) is 12.7 Å². The highest BCUT2D eigenvalue weighted by molar-refractivity contribution is 5.94. The third kappa shape index (κ3) is 3.42. The third-order valence-electron chi connectivity index (χ3n) is 2.68. The normalized spacial score (nSPS) is 12.1. The van der Waals surface area contributed by atoms with Crippen molar-refractivity contribution in [1.82, 2.24) is 5.32 Å². The Kier molecular flexibility index (Phi) is 4.30. The molecule has 1 N–H and O–H groups in total. The lowest BCUT2D eigenvalue weighted by atomic mass is 10.2. The summed E-state index contributed by atoms with van der Waals surface area (Å²) in [5, 5.41) is 2.67. The van der Waals surface area contributed by atoms with Crippen LogP contribution in [0.25, 0.3) is 0 Å². The summed E-state index contributed by atoms with van der Waals surface area (Å²) >= 11 is 0. The van der Waals surface area contributed by atoms with Crippen molar-refractivity contribution in [3.05, 3.63) is 59.8 Å². The molecule has 4 nitrogen and oxygen atoms in total. The predicted molar refractivity (Wildman–Crippen MR) is 67.2 cm³/mol. The van der Waals surface area contributed by atoms with Crippen LogP contribution in [0.4, 0.5) is 4.39 Å². The van der Waals surface area contributed by atoms with Gasteiger partial charge in [-0.2, -0.15) is 0 Å². The molecule has 5 heteroatoms. The van der Waals surface area contributed by atoms with Gasteiger partial charge in [0.15, 0.2) is 0 Å². The summed E-state index contributed by atoms with van der Waals surface area (Å²) in [6, 6.07) is 9.03. The minimum Gasteiger partial charge on any atom is -0.467 e. The first-order chi connectivity index (χ1) is 9.20. The number of furan rings is 1. The van der Waals surface area contributed by atoms with Crippen LogP contribution in [0.15, 0.2) is 47.1 Å². The molecule has 0 bridgehead atoms. The molecule has 0 aliphatic rings. The molecule has 100 valence electrons. The maximum Gasteiger partial charge on any atom is 0.251 e. The van der Waals surface area contributed by atoms with Crippen molar-refractivity contribution in [2.45, 2.75) is 6.10 Å². The average Bonchev–Trinajstić information content (AvgIpc) is 2.93. The van der Waals surface area contributed by atoms with E-state index in [0.717, 1.165) is 0 Å². The highest BCUT2D eigenvalue weighted by Gasteiger charge is 2.15. The smallest absolute Gasteiger partial charge is 0.251 e. The lowest BCUT2D eigenvalue weighted by molar-refractivity contribution is 0.0738. The zero-order valence-corrected chi connectivity index (χ0v) is 10.4. The minimum absolute atomic E-state index is 0.249. The van der Waals surface area contributed by atoms with Crippen LogP contribution in [0.1, 0.15) is 22.2 Å². The molecule has 0 aliphatic carbocycles. The van der Waals surface area contributed by atoms with E-state index in [4.69, 9.17) is 9.15 Å². The van der Waals surface area contributed by atoms with Gasteiger partial charge in [0.25, 0.3) is 5.91 Å². The highest BCUT2D eigenvalue weighted by atomic mass is 19.1. The molecule has 1 atom stereocenters. The predicted octanol–water partition coefficient (Wildman–Crippen LogP) is 2.54. The van der Waals surface area contributed by atoms with E-state index in [1.54, 1.807) is 18.2 Å². The quantitative estimate of drug-likeness (QED) is 0.901. The third-order valence-corrected chi connectivity index (χ3v) is 2.68. The van der Waals surface area contributed by atoms with Gasteiger partial charge in [-0.05, 0) is 30.3 Å². The fraction of sp³-hybridized carbons (Fsp3) is 0.214. The number of hydrogen-bond acceptors (Lipinski definition) is 3. The van der Waals surface area contributed by atoms with Gasteiger partial charge in [-0.15, -0.1) is 0 Å². The van der Waals surface area contributed by atoms with Crippen molar-refractivity contribution in [2.75, 3.05) is 13.7 Å². The monoisotopic (exact) mass is 263 g/mol. The van der Waals surface area contributed by atoms with Gasteiger partial charge < -0.3 is 14.5 Å². The maximum absolute atomic E-state index is 13.0. The molecule has 19 heavy (non-hydrogen) atoms. The number of carbonyl (C=O) groups excluding carboxylic acids is 1. The van der Waals surface area contributed by atoms with Crippen LogP contribution >= 0.6 is 0 Å². The summed E-state index contributed by atoms with van der Waals surface area (Å²) in [5.41, 5.74) is 0.272. The van der Waals surface area contributed by atoms with Gasteiger partial charge in [0.2, 0.25) is 0 Å². The Labute approximate surface area is 110 Å². The summed E-state index contributed by atoms with van der Waals surface area (Å²) in [7, 11) is 1.53. The van der Waals surface area contributed by atoms with Crippen molar-refractivity contribution in [1.29, 1.82) is 0 Å². The lowest BCUT2D eigenvalue weighted by Crippen LogP contribution is -2.29. The molecule has 0 unspecified atom stereocenters. The van der Waals surface area contributed by atoms with Gasteiger partial charge >= 0.3 is 0 Å². The summed E-state index contributed by atoms with van der Waals surface area (Å²) < 4.78 is 23.4. The second-order valence-corrected chi connectivity index (χ2v) is 3.96. The Morgan fingerprint density at radius 2 is 2.26 bits per heavy atom. The van der Waals surface area contributed by atoms with Gasteiger partial charge in [-0.1, -0.05) is 6.07 Å². The van der Waals surface area contributed by atoms with Crippen molar-refractivity contribution < 1.29 is 18.3 Å². The van der Waals surface area contributed by atoms with Gasteiger partial charge in [-0.3, -0.25) is 4.79 Å². The first kappa shape index (κ1) is 13.3. The van der Waals surface area contributed by atoms with E-state index >= 15 is 0 Å². The molecule has 1 aromatic carbocycles. The number of hydrogen-bond donors (Lipinski definition) is 1. The van der Waals surface area contributed by atoms with Crippen LogP contribution in [0, 0.1) is 5.82 Å². The van der Waals surface area contributed by atoms with E-state index in [2.05, 4.69) is 5.32 Å². The number of rotatable bonds is 5. The second-order valence-electron chi connectivity index (χ2n) is 3.96. The van der Waals surface area contributed by atoms with Crippen LogP contribution in [0.5, 0.6) is 0 Å². The Morgan fingerprint density at radius 1 is 1.42 bits per heavy atom. The fourth-order valence-electron chi connectivity index (χ4n) is 1.69. The SMILES string of the molecule is CO[C@H](CNC(=O)c1cccc(F)c1)c1ccco1. The molecular formula is C14H14FNO3. The number of methoxy groups -OCH3 is 1. The van der Waals surface area contributed by atoms with Crippen LogP contribution < -0.4 is 5.32 Å². The molecule has 1 aromatic heterocycles. The van der Waals surface area contributed by atoms with Crippen molar-refractivity contribution in [2.24, 2.45) is 0 Å². The van der Waals surface area contributed by atoms with Crippen molar-refractivity contribution in [3.8, 4) is 0 Å². The van der Waals surface area contributed by atoms with Gasteiger partial charge in [0.05, 0.1) is 12.8 Å². The summed E-state index contributed by atoms with van der Waals surface area (Å²) in [6.45, 7) is 0.249. The number of amides is 1. The van der Waals surface area contributed by atoms with E-state index in [0.29, 0.717) is 5.76 Å². The molecule has 0 aliphatic heterocycles. The lowest BCUT2D eigenvalue weighted by Gasteiger charge is -2.13. The van der Waals surface area contributed by atoms with Crippen LogP contribution in [-0.2, 0) is 4.74 Å². The van der Waals surface area contributed by atoms with E-state index in [9.17, 15) is 9.18 Å². The van der Waals surface area contributed by atoms with Crippen molar-refractivity contribution in [3.63, 3.8) is 0 Å². The first-order valence-electron chi connectivity index (χ1n) is 5.80. The van der Waals surface area contributed by atoms with Crippen molar-refractivity contribution >= 4 is 5.91 Å². The summed E-state index contributed by atoms with van der Waals surface area (Å²) in [6.07, 6.45) is 1.17. The Morgan fingerprint density at radius 3 is 2.89 bits per heavy atom. The topological polar surface area (TPSA) is 51.5 Å². The standard InChI is InChI=1S/C14H14FNO3/c1-18-13(12-6-3-7-19-12)9-16-14(17)10-4-2-5-11(15)8-10/h2-8,13H,9H2,1H3,(H,16,17)/t13-/m1/s1. The Bertz CT molecular complexity index is 539. The van der Waals surface area contributed by atoms with Crippen LogP contribution in [0.2, 0.25) is 0 Å². The zero-order chi connectivity index (χ0) is 13.7. The largest absolute Gasteiger partial charge is 0.467 e. The van der Waals surface area contributed by atoms with E-state index in [1.807, 2.05) is 0 Å². The van der Waals surface area contributed by atoms with Gasteiger partial charge in [-0.25, -0.2) is 4.39 Å². The van der Waals surface area contributed by atoms with Crippen LogP contribution in [-0.4, -0.2) is 19.6 Å². The highest BCUT2D eigenvalue weighted by Crippen LogP contribution is 2.16.